The molecule has 3 rings (SSSR count). The summed E-state index contributed by atoms with van der Waals surface area (Å²) in [5.41, 5.74) is 2.00. The maximum absolute atomic E-state index is 6.00. The lowest BCUT2D eigenvalue weighted by Gasteiger charge is -2.03. The SMILES string of the molecule is Clc1ccc(-n2cnc(CNC3CC3)c2)cc1Cl. The zero-order valence-corrected chi connectivity index (χ0v) is 11.2. The molecule has 0 atom stereocenters. The Bertz CT molecular complexity index is 561. The second-order valence-corrected chi connectivity index (χ2v) is 5.34. The van der Waals surface area contributed by atoms with Crippen LogP contribution in [0.2, 0.25) is 10.0 Å². The second-order valence-electron chi connectivity index (χ2n) is 4.53. The van der Waals surface area contributed by atoms with Crippen molar-refractivity contribution in [1.82, 2.24) is 14.9 Å². The minimum atomic E-state index is 0.556. The van der Waals surface area contributed by atoms with Crippen molar-refractivity contribution < 1.29 is 0 Å². The van der Waals surface area contributed by atoms with E-state index in [1.165, 1.54) is 12.8 Å². The molecule has 1 fully saturated rings. The maximum atomic E-state index is 6.00. The highest BCUT2D eigenvalue weighted by molar-refractivity contribution is 6.42. The molecule has 5 heteroatoms. The third-order valence-corrected chi connectivity index (χ3v) is 3.73. The van der Waals surface area contributed by atoms with Gasteiger partial charge in [0.2, 0.25) is 0 Å². The minimum Gasteiger partial charge on any atom is -0.308 e. The van der Waals surface area contributed by atoms with Gasteiger partial charge in [-0.05, 0) is 31.0 Å². The van der Waals surface area contributed by atoms with E-state index in [0.29, 0.717) is 16.1 Å². The van der Waals surface area contributed by atoms with E-state index in [2.05, 4.69) is 10.3 Å². The Morgan fingerprint density at radius 2 is 2.11 bits per heavy atom. The van der Waals surface area contributed by atoms with Crippen molar-refractivity contribution in [2.24, 2.45) is 0 Å². The minimum absolute atomic E-state index is 0.556. The van der Waals surface area contributed by atoms with Crippen LogP contribution >= 0.6 is 23.2 Å². The summed E-state index contributed by atoms with van der Waals surface area (Å²) in [7, 11) is 0. The molecule has 0 bridgehead atoms. The number of hydrogen-bond acceptors (Lipinski definition) is 2. The Hall–Kier alpha value is -1.03. The number of benzene rings is 1. The van der Waals surface area contributed by atoms with Crippen LogP contribution in [-0.2, 0) is 6.54 Å². The molecular weight excluding hydrogens is 269 g/mol. The second kappa shape index (κ2) is 4.92. The molecule has 0 radical (unpaired) electrons. The fourth-order valence-corrected chi connectivity index (χ4v) is 2.07. The summed E-state index contributed by atoms with van der Waals surface area (Å²) in [6.45, 7) is 0.818. The van der Waals surface area contributed by atoms with E-state index < -0.39 is 0 Å². The molecule has 1 aliphatic carbocycles. The molecule has 0 amide bonds. The molecule has 0 saturated heterocycles. The van der Waals surface area contributed by atoms with E-state index in [4.69, 9.17) is 23.2 Å². The van der Waals surface area contributed by atoms with Crippen LogP contribution in [0, 0.1) is 0 Å². The zero-order valence-electron chi connectivity index (χ0n) is 9.74. The standard InChI is InChI=1S/C13H13Cl2N3/c14-12-4-3-11(5-13(12)15)18-7-10(17-8-18)6-16-9-1-2-9/h3-5,7-9,16H,1-2,6H2. The van der Waals surface area contributed by atoms with Crippen LogP contribution in [0.3, 0.4) is 0 Å². The van der Waals surface area contributed by atoms with Crippen molar-refractivity contribution in [2.75, 3.05) is 0 Å². The number of hydrogen-bond donors (Lipinski definition) is 1. The van der Waals surface area contributed by atoms with E-state index in [1.54, 1.807) is 12.4 Å². The lowest BCUT2D eigenvalue weighted by atomic mass is 10.3. The molecule has 1 aromatic carbocycles. The van der Waals surface area contributed by atoms with Gasteiger partial charge in [0.1, 0.15) is 0 Å². The van der Waals surface area contributed by atoms with Gasteiger partial charge in [-0.2, -0.15) is 0 Å². The van der Waals surface area contributed by atoms with Crippen molar-refractivity contribution in [3.63, 3.8) is 0 Å². The van der Waals surface area contributed by atoms with Crippen LogP contribution < -0.4 is 5.32 Å². The molecular formula is C13H13Cl2N3. The average molecular weight is 282 g/mol. The van der Waals surface area contributed by atoms with Gasteiger partial charge in [-0.1, -0.05) is 23.2 Å². The van der Waals surface area contributed by atoms with Crippen LogP contribution in [-0.4, -0.2) is 15.6 Å². The van der Waals surface area contributed by atoms with Gasteiger partial charge >= 0.3 is 0 Å². The summed E-state index contributed by atoms with van der Waals surface area (Å²) in [5, 5.41) is 4.56. The van der Waals surface area contributed by atoms with Crippen molar-refractivity contribution in [1.29, 1.82) is 0 Å². The fraction of sp³-hybridized carbons (Fsp3) is 0.308. The number of nitrogens with one attached hydrogen (secondary N) is 1. The van der Waals surface area contributed by atoms with Gasteiger partial charge in [-0.15, -0.1) is 0 Å². The molecule has 2 aromatic rings. The number of halogens is 2. The Labute approximate surface area is 116 Å². The number of imidazole rings is 1. The predicted molar refractivity (Wildman–Crippen MR) is 73.4 cm³/mol. The first-order valence-corrected chi connectivity index (χ1v) is 6.69. The fourth-order valence-electron chi connectivity index (χ4n) is 1.78. The highest BCUT2D eigenvalue weighted by Crippen LogP contribution is 2.24. The van der Waals surface area contributed by atoms with Gasteiger partial charge in [-0.3, -0.25) is 0 Å². The molecule has 1 saturated carbocycles. The molecule has 0 spiro atoms. The first-order chi connectivity index (χ1) is 8.72. The average Bonchev–Trinajstić information content (AvgIpc) is 3.08. The van der Waals surface area contributed by atoms with Crippen LogP contribution in [0.15, 0.2) is 30.7 Å². The van der Waals surface area contributed by atoms with Gasteiger partial charge in [0, 0.05) is 24.5 Å². The highest BCUT2D eigenvalue weighted by atomic mass is 35.5. The molecule has 1 N–H and O–H groups in total. The van der Waals surface area contributed by atoms with Gasteiger partial charge in [0.15, 0.2) is 0 Å². The Morgan fingerprint density at radius 3 is 2.83 bits per heavy atom. The molecule has 0 aliphatic heterocycles. The molecule has 18 heavy (non-hydrogen) atoms. The lowest BCUT2D eigenvalue weighted by Crippen LogP contribution is -2.15. The van der Waals surface area contributed by atoms with Crippen molar-refractivity contribution >= 4 is 23.2 Å². The first-order valence-electron chi connectivity index (χ1n) is 5.94. The van der Waals surface area contributed by atoms with Crippen LogP contribution in [0.4, 0.5) is 0 Å². The molecule has 94 valence electrons. The number of nitrogens with zero attached hydrogens (tertiary/aromatic N) is 2. The smallest absolute Gasteiger partial charge is 0.0995 e. The van der Waals surface area contributed by atoms with Crippen LogP contribution in [0.1, 0.15) is 18.5 Å². The molecule has 0 unspecified atom stereocenters. The Balaban J connectivity index is 1.76. The van der Waals surface area contributed by atoms with Gasteiger partial charge in [-0.25, -0.2) is 4.98 Å². The Morgan fingerprint density at radius 1 is 1.28 bits per heavy atom. The maximum Gasteiger partial charge on any atom is 0.0995 e. The molecule has 1 heterocycles. The summed E-state index contributed by atoms with van der Waals surface area (Å²) in [6, 6.07) is 6.25. The van der Waals surface area contributed by atoms with Crippen molar-refractivity contribution in [2.45, 2.75) is 25.4 Å². The summed E-state index contributed by atoms with van der Waals surface area (Å²) in [5.74, 6) is 0. The quantitative estimate of drug-likeness (QED) is 0.931. The molecule has 1 aliphatic rings. The van der Waals surface area contributed by atoms with Gasteiger partial charge in [0.25, 0.3) is 0 Å². The van der Waals surface area contributed by atoms with Crippen molar-refractivity contribution in [3.05, 3.63) is 46.5 Å². The lowest BCUT2D eigenvalue weighted by molar-refractivity contribution is 0.677. The van der Waals surface area contributed by atoms with E-state index in [1.807, 2.05) is 22.9 Å². The molecule has 3 nitrogen and oxygen atoms in total. The van der Waals surface area contributed by atoms with E-state index in [9.17, 15) is 0 Å². The third kappa shape index (κ3) is 2.69. The van der Waals surface area contributed by atoms with E-state index >= 15 is 0 Å². The first kappa shape index (κ1) is 12.0. The Kier molecular flexibility index (Phi) is 3.29. The largest absolute Gasteiger partial charge is 0.308 e. The summed E-state index contributed by atoms with van der Waals surface area (Å²) in [6.07, 6.45) is 6.37. The van der Waals surface area contributed by atoms with Crippen LogP contribution in [0.5, 0.6) is 0 Å². The normalized spacial score (nSPS) is 15.0. The number of rotatable bonds is 4. The van der Waals surface area contributed by atoms with E-state index in [-0.39, 0.29) is 0 Å². The van der Waals surface area contributed by atoms with Crippen LogP contribution in [0.25, 0.3) is 5.69 Å². The topological polar surface area (TPSA) is 29.9 Å². The monoisotopic (exact) mass is 281 g/mol. The number of aromatic nitrogens is 2. The van der Waals surface area contributed by atoms with E-state index in [0.717, 1.165) is 17.9 Å². The summed E-state index contributed by atoms with van der Waals surface area (Å²) < 4.78 is 1.95. The van der Waals surface area contributed by atoms with Gasteiger partial charge in [0.05, 0.1) is 22.1 Å². The van der Waals surface area contributed by atoms with Crippen molar-refractivity contribution in [3.8, 4) is 5.69 Å². The third-order valence-electron chi connectivity index (χ3n) is 2.99. The summed E-state index contributed by atoms with van der Waals surface area (Å²) >= 11 is 11.9. The summed E-state index contributed by atoms with van der Waals surface area (Å²) in [4.78, 5) is 4.37. The highest BCUT2D eigenvalue weighted by Gasteiger charge is 2.20. The predicted octanol–water partition coefficient (Wildman–Crippen LogP) is 3.43. The zero-order chi connectivity index (χ0) is 12.5. The molecule has 1 aromatic heterocycles. The van der Waals surface area contributed by atoms with Gasteiger partial charge < -0.3 is 9.88 Å².